The van der Waals surface area contributed by atoms with Crippen LogP contribution >= 0.6 is 0 Å². The molecule has 0 bridgehead atoms. The van der Waals surface area contributed by atoms with Crippen molar-refractivity contribution in [1.82, 2.24) is 10.3 Å². The summed E-state index contributed by atoms with van der Waals surface area (Å²) in [6, 6.07) is 11.9. The maximum Gasteiger partial charge on any atom is 0.230 e. The molecule has 1 heterocycles. The molecule has 40 heavy (non-hydrogen) atoms. The number of allylic oxidation sites excluding steroid dienone is 5. The summed E-state index contributed by atoms with van der Waals surface area (Å²) in [4.78, 5) is 30.5. The van der Waals surface area contributed by atoms with E-state index < -0.39 is 5.41 Å². The molecule has 0 aliphatic heterocycles. The van der Waals surface area contributed by atoms with E-state index in [1.165, 1.54) is 5.57 Å². The number of aryl methyl sites for hydroxylation is 2. The second-order valence-corrected chi connectivity index (χ2v) is 10.6. The molecule has 1 aromatic heterocycles. The third-order valence-electron chi connectivity index (χ3n) is 7.48. The molecule has 2 aromatic rings. The minimum absolute atomic E-state index is 0.0183. The lowest BCUT2D eigenvalue weighted by molar-refractivity contribution is -0.128. The van der Waals surface area contributed by atoms with Crippen molar-refractivity contribution in [2.24, 2.45) is 5.41 Å². The van der Waals surface area contributed by atoms with Crippen LogP contribution in [0.2, 0.25) is 0 Å². The predicted octanol–water partition coefficient (Wildman–Crippen LogP) is 7.90. The SMILES string of the molecule is CC.CCC1=CC(C)(C(=O)NC(C)C2=CCCC=C2)CC=C1c1cc(NC(=O)CCc2ccccc2)ncc1C. The van der Waals surface area contributed by atoms with Crippen molar-refractivity contribution in [2.45, 2.75) is 86.1 Å². The van der Waals surface area contributed by atoms with Gasteiger partial charge in [0.15, 0.2) is 0 Å². The van der Waals surface area contributed by atoms with E-state index in [-0.39, 0.29) is 17.9 Å². The number of carbonyl (C=O) groups is 2. The van der Waals surface area contributed by atoms with Crippen molar-refractivity contribution in [3.63, 3.8) is 0 Å². The van der Waals surface area contributed by atoms with E-state index in [1.807, 2.05) is 77.2 Å². The number of aromatic nitrogens is 1. The Morgan fingerprint density at radius 3 is 2.52 bits per heavy atom. The zero-order valence-corrected chi connectivity index (χ0v) is 25.0. The van der Waals surface area contributed by atoms with E-state index >= 15 is 0 Å². The first-order valence-electron chi connectivity index (χ1n) is 14.7. The van der Waals surface area contributed by atoms with Crippen LogP contribution in [-0.4, -0.2) is 22.8 Å². The summed E-state index contributed by atoms with van der Waals surface area (Å²) in [5.74, 6) is 0.541. The summed E-state index contributed by atoms with van der Waals surface area (Å²) in [6.07, 6.45) is 17.2. The fourth-order valence-electron chi connectivity index (χ4n) is 5.09. The summed E-state index contributed by atoms with van der Waals surface area (Å²) in [5, 5.41) is 6.20. The van der Waals surface area contributed by atoms with Crippen LogP contribution in [0.4, 0.5) is 5.82 Å². The van der Waals surface area contributed by atoms with Crippen LogP contribution in [0.5, 0.6) is 0 Å². The Morgan fingerprint density at radius 2 is 1.85 bits per heavy atom. The summed E-state index contributed by atoms with van der Waals surface area (Å²) in [5.41, 5.74) is 6.02. The molecule has 2 atom stereocenters. The van der Waals surface area contributed by atoms with Gasteiger partial charge in [0.25, 0.3) is 0 Å². The Labute approximate surface area is 240 Å². The first kappa shape index (κ1) is 30.8. The van der Waals surface area contributed by atoms with Gasteiger partial charge in [-0.1, -0.05) is 81.5 Å². The number of hydrogen-bond acceptors (Lipinski definition) is 3. The van der Waals surface area contributed by atoms with Gasteiger partial charge in [0.2, 0.25) is 11.8 Å². The molecule has 4 rings (SSSR count). The van der Waals surface area contributed by atoms with Crippen molar-refractivity contribution in [3.8, 4) is 0 Å². The Balaban J connectivity index is 0.00000216. The molecule has 0 fully saturated rings. The lowest BCUT2D eigenvalue weighted by atomic mass is 9.75. The van der Waals surface area contributed by atoms with Gasteiger partial charge in [-0.3, -0.25) is 9.59 Å². The third kappa shape index (κ3) is 7.91. The first-order valence-corrected chi connectivity index (χ1v) is 14.7. The molecule has 0 saturated heterocycles. The zero-order valence-electron chi connectivity index (χ0n) is 25.0. The summed E-state index contributed by atoms with van der Waals surface area (Å²) >= 11 is 0. The van der Waals surface area contributed by atoms with Crippen molar-refractivity contribution < 1.29 is 9.59 Å². The number of hydrogen-bond donors (Lipinski definition) is 2. The second-order valence-electron chi connectivity index (χ2n) is 10.6. The van der Waals surface area contributed by atoms with E-state index in [0.29, 0.717) is 25.1 Å². The Bertz CT molecular complexity index is 1300. The molecule has 2 aliphatic carbocycles. The minimum atomic E-state index is -0.614. The molecule has 0 spiro atoms. The Morgan fingerprint density at radius 1 is 1.10 bits per heavy atom. The van der Waals surface area contributed by atoms with Gasteiger partial charge in [-0.05, 0) is 92.4 Å². The molecule has 0 radical (unpaired) electrons. The van der Waals surface area contributed by atoms with E-state index in [4.69, 9.17) is 0 Å². The second kappa shape index (κ2) is 14.6. The smallest absolute Gasteiger partial charge is 0.230 e. The van der Waals surface area contributed by atoms with Crippen molar-refractivity contribution in [3.05, 3.63) is 101 Å². The number of carbonyl (C=O) groups excluding carboxylic acids is 2. The summed E-state index contributed by atoms with van der Waals surface area (Å²) < 4.78 is 0. The fourth-order valence-corrected chi connectivity index (χ4v) is 5.09. The van der Waals surface area contributed by atoms with Crippen molar-refractivity contribution in [2.75, 3.05) is 5.32 Å². The molecule has 2 N–H and O–H groups in total. The number of rotatable bonds is 9. The van der Waals surface area contributed by atoms with Gasteiger partial charge in [0.1, 0.15) is 5.82 Å². The molecule has 2 amide bonds. The third-order valence-corrected chi connectivity index (χ3v) is 7.48. The number of anilines is 1. The molecule has 0 saturated carbocycles. The van der Waals surface area contributed by atoms with E-state index in [9.17, 15) is 9.59 Å². The minimum Gasteiger partial charge on any atom is -0.349 e. The zero-order chi connectivity index (χ0) is 29.1. The number of pyridine rings is 1. The van der Waals surface area contributed by atoms with Gasteiger partial charge in [-0.25, -0.2) is 4.98 Å². The standard InChI is InChI=1S/C33H39N3O2.C2H6/c1-5-26-21-33(4,32(38)35-24(3)27-14-10-7-11-15-27)19-18-28(26)29-20-30(34-22-23(29)2)36-31(37)17-16-25-12-8-6-9-13-25;1-2/h6,8-10,12-15,18,20-22,24H,5,7,11,16-17,19H2,1-4H3,(H,35,38)(H,34,36,37);1-2H3. The highest BCUT2D eigenvalue weighted by molar-refractivity contribution is 5.92. The molecule has 5 nitrogen and oxygen atoms in total. The molecule has 212 valence electrons. The average Bonchev–Trinajstić information content (AvgIpc) is 2.99. The van der Waals surface area contributed by atoms with Crippen LogP contribution in [0.3, 0.4) is 0 Å². The van der Waals surface area contributed by atoms with Gasteiger partial charge in [-0.15, -0.1) is 0 Å². The van der Waals surface area contributed by atoms with Crippen LogP contribution < -0.4 is 10.6 Å². The lowest BCUT2D eigenvalue weighted by Crippen LogP contribution is -2.43. The summed E-state index contributed by atoms with van der Waals surface area (Å²) in [6.45, 7) is 12.2. The number of nitrogens with zero attached hydrogens (tertiary/aromatic N) is 1. The lowest BCUT2D eigenvalue weighted by Gasteiger charge is -2.32. The average molecular weight is 540 g/mol. The number of nitrogens with one attached hydrogen (secondary N) is 2. The highest BCUT2D eigenvalue weighted by Gasteiger charge is 2.34. The first-order chi connectivity index (χ1) is 19.3. The largest absolute Gasteiger partial charge is 0.349 e. The van der Waals surface area contributed by atoms with Gasteiger partial charge in [0, 0.05) is 12.6 Å². The van der Waals surface area contributed by atoms with Gasteiger partial charge in [-0.2, -0.15) is 0 Å². The molecule has 2 aliphatic rings. The van der Waals surface area contributed by atoms with Gasteiger partial charge in [0.05, 0.1) is 11.5 Å². The number of benzene rings is 1. The van der Waals surface area contributed by atoms with Gasteiger partial charge < -0.3 is 10.6 Å². The van der Waals surface area contributed by atoms with Crippen LogP contribution in [0.1, 0.15) is 83.4 Å². The molecule has 5 heteroatoms. The van der Waals surface area contributed by atoms with E-state index in [0.717, 1.165) is 47.1 Å². The highest BCUT2D eigenvalue weighted by Crippen LogP contribution is 2.40. The predicted molar refractivity (Wildman–Crippen MR) is 167 cm³/mol. The Hall–Kier alpha value is -3.73. The van der Waals surface area contributed by atoms with Crippen LogP contribution in [0, 0.1) is 12.3 Å². The molecule has 2 unspecified atom stereocenters. The van der Waals surface area contributed by atoms with Crippen LogP contribution in [0.15, 0.2) is 84.1 Å². The van der Waals surface area contributed by atoms with E-state index in [1.54, 1.807) is 0 Å². The van der Waals surface area contributed by atoms with Gasteiger partial charge >= 0.3 is 0 Å². The van der Waals surface area contributed by atoms with Crippen LogP contribution in [-0.2, 0) is 16.0 Å². The van der Waals surface area contributed by atoms with E-state index in [2.05, 4.69) is 52.9 Å². The fraction of sp³-hybridized carbons (Fsp3) is 0.400. The van der Waals surface area contributed by atoms with Crippen LogP contribution in [0.25, 0.3) is 5.57 Å². The van der Waals surface area contributed by atoms with Crippen molar-refractivity contribution in [1.29, 1.82) is 0 Å². The molecular formula is C35H45N3O2. The topological polar surface area (TPSA) is 71.1 Å². The quantitative estimate of drug-likeness (QED) is 0.340. The number of amides is 2. The monoisotopic (exact) mass is 539 g/mol. The normalized spacial score (nSPS) is 18.8. The maximum atomic E-state index is 13.4. The molecular weight excluding hydrogens is 494 g/mol. The molecule has 1 aromatic carbocycles. The highest BCUT2D eigenvalue weighted by atomic mass is 16.2. The maximum absolute atomic E-state index is 13.4. The van der Waals surface area contributed by atoms with Crippen molar-refractivity contribution >= 4 is 23.2 Å². The summed E-state index contributed by atoms with van der Waals surface area (Å²) in [7, 11) is 0. The Kier molecular flexibility index (Phi) is 11.2.